The molecule has 132 valence electrons. The highest BCUT2D eigenvalue weighted by molar-refractivity contribution is 7.16. The number of benzene rings is 1. The summed E-state index contributed by atoms with van der Waals surface area (Å²) in [6, 6.07) is 8.50. The van der Waals surface area contributed by atoms with Gasteiger partial charge in [-0.25, -0.2) is 9.78 Å². The lowest BCUT2D eigenvalue weighted by Gasteiger charge is -2.11. The van der Waals surface area contributed by atoms with Gasteiger partial charge >= 0.3 is 5.97 Å². The van der Waals surface area contributed by atoms with Gasteiger partial charge in [-0.3, -0.25) is 0 Å². The van der Waals surface area contributed by atoms with E-state index in [9.17, 15) is 10.1 Å². The SMILES string of the molecule is CCOC(=O)c1cnc(-c2ccc3c(c2)c(C#N)cn3C2CCOC2)s1. The fourth-order valence-corrected chi connectivity index (χ4v) is 4.03. The van der Waals surface area contributed by atoms with Crippen LogP contribution in [0.1, 0.15) is 34.6 Å². The molecule has 3 aromatic rings. The lowest BCUT2D eigenvalue weighted by molar-refractivity contribution is 0.0532. The van der Waals surface area contributed by atoms with Crippen LogP contribution in [0.2, 0.25) is 0 Å². The smallest absolute Gasteiger partial charge is 0.349 e. The van der Waals surface area contributed by atoms with Crippen molar-refractivity contribution in [3.05, 3.63) is 41.0 Å². The van der Waals surface area contributed by atoms with Gasteiger partial charge < -0.3 is 14.0 Å². The molecule has 1 fully saturated rings. The summed E-state index contributed by atoms with van der Waals surface area (Å²) in [5, 5.41) is 11.1. The maximum atomic E-state index is 11.8. The van der Waals surface area contributed by atoms with Crippen molar-refractivity contribution in [1.82, 2.24) is 9.55 Å². The van der Waals surface area contributed by atoms with Crippen LogP contribution >= 0.6 is 11.3 Å². The fraction of sp³-hybridized carbons (Fsp3) is 0.316. The van der Waals surface area contributed by atoms with E-state index in [1.807, 2.05) is 24.4 Å². The Morgan fingerprint density at radius 1 is 1.54 bits per heavy atom. The van der Waals surface area contributed by atoms with Crippen molar-refractivity contribution < 1.29 is 14.3 Å². The number of hydrogen-bond donors (Lipinski definition) is 0. The number of nitrogens with zero attached hydrogens (tertiary/aromatic N) is 3. The molecule has 0 N–H and O–H groups in total. The van der Waals surface area contributed by atoms with E-state index in [1.54, 1.807) is 6.92 Å². The Bertz CT molecular complexity index is 1010. The van der Waals surface area contributed by atoms with Gasteiger partial charge in [-0.2, -0.15) is 5.26 Å². The van der Waals surface area contributed by atoms with E-state index in [4.69, 9.17) is 9.47 Å². The Morgan fingerprint density at radius 3 is 3.15 bits per heavy atom. The van der Waals surface area contributed by atoms with Crippen LogP contribution in [0.4, 0.5) is 0 Å². The maximum absolute atomic E-state index is 11.8. The second kappa shape index (κ2) is 6.90. The lowest BCUT2D eigenvalue weighted by Crippen LogP contribution is -2.06. The molecule has 1 aliphatic rings. The molecule has 4 rings (SSSR count). The summed E-state index contributed by atoms with van der Waals surface area (Å²) < 4.78 is 12.6. The molecule has 0 radical (unpaired) electrons. The van der Waals surface area contributed by atoms with Gasteiger partial charge in [0.2, 0.25) is 0 Å². The summed E-state index contributed by atoms with van der Waals surface area (Å²) in [6.07, 6.45) is 4.39. The van der Waals surface area contributed by atoms with Crippen molar-refractivity contribution in [2.24, 2.45) is 0 Å². The molecular weight excluding hydrogens is 350 g/mol. The molecule has 3 heterocycles. The Kier molecular flexibility index (Phi) is 4.45. The summed E-state index contributed by atoms with van der Waals surface area (Å²) in [4.78, 5) is 16.7. The van der Waals surface area contributed by atoms with Crippen LogP contribution in [0.3, 0.4) is 0 Å². The van der Waals surface area contributed by atoms with Gasteiger partial charge in [0.25, 0.3) is 0 Å². The van der Waals surface area contributed by atoms with Crippen LogP contribution in [0, 0.1) is 11.3 Å². The molecular formula is C19H17N3O3S. The van der Waals surface area contributed by atoms with Crippen LogP contribution in [-0.2, 0) is 9.47 Å². The average molecular weight is 367 g/mol. The van der Waals surface area contributed by atoms with Crippen LogP contribution in [-0.4, -0.2) is 35.3 Å². The normalized spacial score (nSPS) is 16.7. The van der Waals surface area contributed by atoms with Gasteiger partial charge in [0.05, 0.1) is 31.0 Å². The molecule has 7 heteroatoms. The molecule has 1 aromatic carbocycles. The number of ether oxygens (including phenoxy) is 2. The topological polar surface area (TPSA) is 77.1 Å². The zero-order chi connectivity index (χ0) is 18.1. The molecule has 0 bridgehead atoms. The number of thiazole rings is 1. The number of carbonyl (C=O) groups excluding carboxylic acids is 1. The Balaban J connectivity index is 1.74. The van der Waals surface area contributed by atoms with Crippen molar-refractivity contribution in [2.75, 3.05) is 19.8 Å². The largest absolute Gasteiger partial charge is 0.462 e. The van der Waals surface area contributed by atoms with Crippen LogP contribution in [0.5, 0.6) is 0 Å². The minimum Gasteiger partial charge on any atom is -0.462 e. The molecule has 6 nitrogen and oxygen atoms in total. The second-order valence-corrected chi connectivity index (χ2v) is 7.09. The number of hydrogen-bond acceptors (Lipinski definition) is 6. The van der Waals surface area contributed by atoms with Gasteiger partial charge in [-0.05, 0) is 31.5 Å². The number of nitriles is 1. The lowest BCUT2D eigenvalue weighted by atomic mass is 10.1. The fourth-order valence-electron chi connectivity index (χ4n) is 3.22. The van der Waals surface area contributed by atoms with Crippen LogP contribution < -0.4 is 0 Å². The quantitative estimate of drug-likeness (QED) is 0.656. The average Bonchev–Trinajstić information content (AvgIpc) is 3.39. The molecule has 2 aromatic heterocycles. The number of esters is 1. The number of fused-ring (bicyclic) bond motifs is 1. The highest BCUT2D eigenvalue weighted by Gasteiger charge is 2.21. The van der Waals surface area contributed by atoms with Crippen molar-refractivity contribution in [3.63, 3.8) is 0 Å². The Morgan fingerprint density at radius 2 is 2.42 bits per heavy atom. The van der Waals surface area contributed by atoms with Crippen molar-refractivity contribution >= 4 is 28.2 Å². The highest BCUT2D eigenvalue weighted by Crippen LogP contribution is 2.33. The number of aromatic nitrogens is 2. The Labute approximate surface area is 154 Å². The van der Waals surface area contributed by atoms with E-state index in [1.165, 1.54) is 17.5 Å². The molecule has 0 amide bonds. The summed E-state index contributed by atoms with van der Waals surface area (Å²) in [6.45, 7) is 3.53. The van der Waals surface area contributed by atoms with Gasteiger partial charge in [-0.1, -0.05) is 0 Å². The first kappa shape index (κ1) is 16.8. The molecule has 0 aliphatic carbocycles. The third-order valence-corrected chi connectivity index (χ3v) is 5.51. The maximum Gasteiger partial charge on any atom is 0.349 e. The zero-order valence-electron chi connectivity index (χ0n) is 14.3. The predicted molar refractivity (Wildman–Crippen MR) is 98.2 cm³/mol. The van der Waals surface area contributed by atoms with Crippen molar-refractivity contribution in [2.45, 2.75) is 19.4 Å². The van der Waals surface area contributed by atoms with Crippen molar-refractivity contribution in [3.8, 4) is 16.6 Å². The summed E-state index contributed by atoms with van der Waals surface area (Å²) in [5.41, 5.74) is 2.54. The standard InChI is InChI=1S/C19H17N3O3S/c1-2-25-19(23)17-9-21-18(26-17)12-3-4-16-15(7-12)13(8-20)10-22(16)14-5-6-24-11-14/h3-4,7,9-10,14H,2,5-6,11H2,1H3. The molecule has 1 aliphatic heterocycles. The predicted octanol–water partition coefficient (Wildman–Crippen LogP) is 3.77. The molecule has 1 atom stereocenters. The summed E-state index contributed by atoms with van der Waals surface area (Å²) >= 11 is 1.29. The van der Waals surface area contributed by atoms with E-state index in [2.05, 4.69) is 15.6 Å². The van der Waals surface area contributed by atoms with Gasteiger partial charge in [0, 0.05) is 29.3 Å². The first-order valence-corrected chi connectivity index (χ1v) is 9.28. The third-order valence-electron chi connectivity index (χ3n) is 4.48. The van der Waals surface area contributed by atoms with E-state index >= 15 is 0 Å². The number of rotatable bonds is 4. The second-order valence-electron chi connectivity index (χ2n) is 6.06. The van der Waals surface area contributed by atoms with Gasteiger partial charge in [0.15, 0.2) is 0 Å². The van der Waals surface area contributed by atoms with Crippen molar-refractivity contribution in [1.29, 1.82) is 5.26 Å². The Hall–Kier alpha value is -2.69. The van der Waals surface area contributed by atoms with E-state index in [-0.39, 0.29) is 12.0 Å². The van der Waals surface area contributed by atoms with Gasteiger partial charge in [-0.15, -0.1) is 11.3 Å². The minimum absolute atomic E-state index is 0.265. The third kappa shape index (κ3) is 2.87. The van der Waals surface area contributed by atoms with E-state index in [0.717, 1.165) is 34.5 Å². The van der Waals surface area contributed by atoms with E-state index < -0.39 is 0 Å². The molecule has 1 saturated heterocycles. The molecule has 0 saturated carbocycles. The summed E-state index contributed by atoms with van der Waals surface area (Å²) in [5.74, 6) is -0.359. The summed E-state index contributed by atoms with van der Waals surface area (Å²) in [7, 11) is 0. The molecule has 26 heavy (non-hydrogen) atoms. The van der Waals surface area contributed by atoms with Crippen LogP contribution in [0.15, 0.2) is 30.6 Å². The first-order valence-electron chi connectivity index (χ1n) is 8.47. The van der Waals surface area contributed by atoms with Crippen LogP contribution in [0.25, 0.3) is 21.5 Å². The molecule has 1 unspecified atom stereocenters. The zero-order valence-corrected chi connectivity index (χ0v) is 15.1. The van der Waals surface area contributed by atoms with E-state index in [0.29, 0.717) is 23.7 Å². The molecule has 0 spiro atoms. The minimum atomic E-state index is -0.359. The highest BCUT2D eigenvalue weighted by atomic mass is 32.1. The number of carbonyl (C=O) groups is 1. The monoisotopic (exact) mass is 367 g/mol. The van der Waals surface area contributed by atoms with Gasteiger partial charge in [0.1, 0.15) is 16.0 Å². The first-order chi connectivity index (χ1) is 12.7.